The summed E-state index contributed by atoms with van der Waals surface area (Å²) in [5, 5.41) is 3.31. The van der Waals surface area contributed by atoms with Crippen LogP contribution in [0.2, 0.25) is 0 Å². The van der Waals surface area contributed by atoms with E-state index < -0.39 is 46.7 Å². The van der Waals surface area contributed by atoms with Gasteiger partial charge in [0.1, 0.15) is 18.3 Å². The van der Waals surface area contributed by atoms with E-state index in [-0.39, 0.29) is 26.1 Å². The molecule has 24 heavy (non-hydrogen) atoms. The summed E-state index contributed by atoms with van der Waals surface area (Å²) in [7, 11) is -4.84. The van der Waals surface area contributed by atoms with E-state index in [4.69, 9.17) is 9.39 Å². The Hall–Kier alpha value is -1.54. The van der Waals surface area contributed by atoms with E-state index in [2.05, 4.69) is 15.1 Å². The van der Waals surface area contributed by atoms with Gasteiger partial charge in [0.2, 0.25) is 0 Å². The number of carbonyl (C=O) groups is 2. The van der Waals surface area contributed by atoms with Gasteiger partial charge in [-0.1, -0.05) is 0 Å². The van der Waals surface area contributed by atoms with Crippen molar-refractivity contribution in [1.29, 1.82) is 0 Å². The number of urea groups is 1. The summed E-state index contributed by atoms with van der Waals surface area (Å²) < 4.78 is 48.0. The maximum atomic E-state index is 13.4. The number of hydroxylamine groups is 3. The largest absolute Gasteiger partial charge is 0.418 e. The van der Waals surface area contributed by atoms with Crippen LogP contribution in [0, 0.1) is 0 Å². The zero-order chi connectivity index (χ0) is 17.5. The summed E-state index contributed by atoms with van der Waals surface area (Å²) in [6.45, 7) is 0.466. The summed E-state index contributed by atoms with van der Waals surface area (Å²) >= 11 is 0. The predicted octanol–water partition coefficient (Wildman–Crippen LogP) is -1.65. The fourth-order valence-corrected chi connectivity index (χ4v) is 3.43. The van der Waals surface area contributed by atoms with E-state index in [9.17, 15) is 22.4 Å². The first-order chi connectivity index (χ1) is 11.3. The normalized spacial score (nSPS) is 33.2. The highest BCUT2D eigenvalue weighted by atomic mass is 32.3. The molecule has 0 radical (unpaired) electrons. The molecule has 0 aromatic carbocycles. The van der Waals surface area contributed by atoms with Crippen LogP contribution in [0.1, 0.15) is 12.8 Å². The molecule has 136 valence electrons. The van der Waals surface area contributed by atoms with Gasteiger partial charge in [-0.25, -0.2) is 14.7 Å². The Bertz CT molecular complexity index is 632. The van der Waals surface area contributed by atoms with Crippen molar-refractivity contribution in [1.82, 2.24) is 20.8 Å². The molecule has 4 atom stereocenters. The number of halogens is 1. The Balaban J connectivity index is 1.60. The SMILES string of the molecule is O=C(NOC1CNCC1F)C1CCC2CN1C(=O)N2OS(=O)(=O)O. The van der Waals surface area contributed by atoms with Gasteiger partial charge in [0.15, 0.2) is 0 Å². The second-order valence-electron chi connectivity index (χ2n) is 5.81. The number of alkyl halides is 1. The molecule has 3 amide bonds. The molecule has 3 aliphatic heterocycles. The van der Waals surface area contributed by atoms with Gasteiger partial charge in [0.05, 0.1) is 6.04 Å². The second-order valence-corrected chi connectivity index (χ2v) is 6.81. The molecule has 3 aliphatic rings. The zero-order valence-corrected chi connectivity index (χ0v) is 13.2. The van der Waals surface area contributed by atoms with Crippen LogP contribution in [0.25, 0.3) is 0 Å². The number of hydrogen-bond donors (Lipinski definition) is 3. The smallest absolute Gasteiger partial charge is 0.311 e. The highest BCUT2D eigenvalue weighted by molar-refractivity contribution is 7.80. The van der Waals surface area contributed by atoms with E-state index in [0.717, 1.165) is 4.90 Å². The number of hydrogen-bond acceptors (Lipinski definition) is 7. The van der Waals surface area contributed by atoms with Crippen LogP contribution in [-0.2, 0) is 24.3 Å². The Morgan fingerprint density at radius 2 is 2.12 bits per heavy atom. The van der Waals surface area contributed by atoms with Gasteiger partial charge in [0, 0.05) is 19.6 Å². The second kappa shape index (κ2) is 6.40. The average molecular weight is 368 g/mol. The summed E-state index contributed by atoms with van der Waals surface area (Å²) in [5.74, 6) is -0.630. The number of nitrogens with zero attached hydrogens (tertiary/aromatic N) is 2. The molecular formula is C11H17FN4O7S. The summed E-state index contributed by atoms with van der Waals surface area (Å²) in [5.41, 5.74) is 2.15. The van der Waals surface area contributed by atoms with Crippen molar-refractivity contribution in [2.75, 3.05) is 19.6 Å². The fourth-order valence-electron chi connectivity index (χ4n) is 3.04. The average Bonchev–Trinajstić information content (AvgIpc) is 3.01. The minimum Gasteiger partial charge on any atom is -0.311 e. The highest BCUT2D eigenvalue weighted by Crippen LogP contribution is 2.30. The quantitative estimate of drug-likeness (QED) is 0.388. The first-order valence-electron chi connectivity index (χ1n) is 7.33. The molecule has 3 saturated heterocycles. The van der Waals surface area contributed by atoms with Crippen molar-refractivity contribution in [2.24, 2.45) is 0 Å². The van der Waals surface area contributed by atoms with E-state index in [1.165, 1.54) is 0 Å². The molecule has 3 rings (SSSR count). The van der Waals surface area contributed by atoms with Crippen LogP contribution in [0.3, 0.4) is 0 Å². The van der Waals surface area contributed by atoms with Crippen LogP contribution in [0.4, 0.5) is 9.18 Å². The monoisotopic (exact) mass is 368 g/mol. The maximum absolute atomic E-state index is 13.4. The third-order valence-corrected chi connectivity index (χ3v) is 4.55. The van der Waals surface area contributed by atoms with Crippen molar-refractivity contribution in [3.8, 4) is 0 Å². The Morgan fingerprint density at radius 3 is 2.75 bits per heavy atom. The van der Waals surface area contributed by atoms with Crippen LogP contribution in [0.15, 0.2) is 0 Å². The van der Waals surface area contributed by atoms with Crippen LogP contribution < -0.4 is 10.8 Å². The molecule has 2 bridgehead atoms. The summed E-state index contributed by atoms with van der Waals surface area (Å²) in [4.78, 5) is 30.5. The first kappa shape index (κ1) is 17.3. The molecule has 0 aromatic heterocycles. The minimum atomic E-state index is -4.84. The number of rotatable bonds is 5. The lowest BCUT2D eigenvalue weighted by Crippen LogP contribution is -2.50. The van der Waals surface area contributed by atoms with Crippen molar-refractivity contribution in [3.63, 3.8) is 0 Å². The maximum Gasteiger partial charge on any atom is 0.418 e. The first-order valence-corrected chi connectivity index (χ1v) is 8.70. The molecule has 0 aliphatic carbocycles. The van der Waals surface area contributed by atoms with Crippen molar-refractivity contribution < 1.29 is 36.1 Å². The van der Waals surface area contributed by atoms with Gasteiger partial charge >= 0.3 is 16.4 Å². The minimum absolute atomic E-state index is 0.0726. The lowest BCUT2D eigenvalue weighted by Gasteiger charge is -2.29. The molecule has 0 saturated carbocycles. The highest BCUT2D eigenvalue weighted by Gasteiger charge is 2.49. The molecule has 13 heteroatoms. The topological polar surface area (TPSA) is 138 Å². The number of amides is 3. The number of carbonyl (C=O) groups excluding carboxylic acids is 2. The molecule has 3 fully saturated rings. The van der Waals surface area contributed by atoms with Gasteiger partial charge in [-0.05, 0) is 12.8 Å². The fraction of sp³-hybridized carbons (Fsp3) is 0.818. The van der Waals surface area contributed by atoms with Crippen LogP contribution >= 0.6 is 0 Å². The summed E-state index contributed by atoms with van der Waals surface area (Å²) in [6.07, 6.45) is -1.50. The Morgan fingerprint density at radius 1 is 1.38 bits per heavy atom. The Labute approximate surface area is 136 Å². The zero-order valence-electron chi connectivity index (χ0n) is 12.4. The molecule has 0 aromatic rings. The van der Waals surface area contributed by atoms with Crippen LogP contribution in [0.5, 0.6) is 0 Å². The van der Waals surface area contributed by atoms with E-state index in [0.29, 0.717) is 11.5 Å². The standard InChI is InChI=1S/C11H17FN4O7S/c12-7-3-13-4-9(7)22-14-10(17)8-2-1-6-5-15(8)11(18)16(6)23-24(19,20)21/h6-9,13H,1-5H2,(H,14,17)(H,19,20,21). The molecule has 11 nitrogen and oxygen atoms in total. The summed E-state index contributed by atoms with van der Waals surface area (Å²) in [6, 6.07) is -2.32. The van der Waals surface area contributed by atoms with Gasteiger partial charge in [-0.2, -0.15) is 13.5 Å². The van der Waals surface area contributed by atoms with Crippen molar-refractivity contribution >= 4 is 22.3 Å². The van der Waals surface area contributed by atoms with Crippen molar-refractivity contribution in [2.45, 2.75) is 37.2 Å². The lowest BCUT2D eigenvalue weighted by atomic mass is 10.0. The lowest BCUT2D eigenvalue weighted by molar-refractivity contribution is -0.145. The third-order valence-electron chi connectivity index (χ3n) is 4.20. The van der Waals surface area contributed by atoms with Gasteiger partial charge in [0.25, 0.3) is 5.91 Å². The van der Waals surface area contributed by atoms with Gasteiger partial charge in [-0.15, -0.1) is 4.28 Å². The van der Waals surface area contributed by atoms with Gasteiger partial charge in [-0.3, -0.25) is 14.2 Å². The van der Waals surface area contributed by atoms with E-state index in [1.54, 1.807) is 0 Å². The molecule has 3 heterocycles. The molecule has 0 spiro atoms. The van der Waals surface area contributed by atoms with Gasteiger partial charge < -0.3 is 10.2 Å². The molecule has 3 N–H and O–H groups in total. The number of fused-ring (bicyclic) bond motifs is 2. The number of nitrogens with one attached hydrogen (secondary N) is 2. The van der Waals surface area contributed by atoms with Crippen LogP contribution in [-0.4, -0.2) is 78.9 Å². The number of piperidine rings is 1. The third kappa shape index (κ3) is 3.44. The van der Waals surface area contributed by atoms with E-state index in [1.807, 2.05) is 0 Å². The molecular weight excluding hydrogens is 351 g/mol. The van der Waals surface area contributed by atoms with Crippen molar-refractivity contribution in [3.05, 3.63) is 0 Å². The molecule has 4 unspecified atom stereocenters. The Kier molecular flexibility index (Phi) is 4.61. The predicted molar refractivity (Wildman–Crippen MR) is 74.2 cm³/mol. The van der Waals surface area contributed by atoms with E-state index >= 15 is 0 Å².